The fraction of sp³-hybridized carbons (Fsp3) is 0.440. The molecular weight excluding hydrogens is 463 g/mol. The van der Waals surface area contributed by atoms with Gasteiger partial charge < -0.3 is 9.47 Å². The van der Waals surface area contributed by atoms with E-state index in [1.807, 2.05) is 0 Å². The predicted octanol–water partition coefficient (Wildman–Crippen LogP) is 5.55. The molecule has 4 rings (SSSR count). The average Bonchev–Trinajstić information content (AvgIpc) is 3.56. The quantitative estimate of drug-likeness (QED) is 0.437. The van der Waals surface area contributed by atoms with E-state index in [1.54, 1.807) is 27.7 Å². The summed E-state index contributed by atoms with van der Waals surface area (Å²) in [5.74, 6) is 0.0631. The molecule has 2 aromatic heterocycles. The second-order valence-corrected chi connectivity index (χ2v) is 9.65. The Hall–Kier alpha value is -3.43. The van der Waals surface area contributed by atoms with Crippen molar-refractivity contribution in [3.05, 3.63) is 63.3 Å². The zero-order chi connectivity index (χ0) is 25.7. The molecule has 0 radical (unpaired) electrons. The Morgan fingerprint density at radius 1 is 1.11 bits per heavy atom. The number of nitrogens with zero attached hydrogens (tertiary/aromatic N) is 3. The SMILES string of the molecule is Cc1nc2nc(C(F)(F)F)c(C(C)Oc3ccc(C(=O)OC(C)(C)C)cc3)cc2c(=O)n1C1CC1. The highest BCUT2D eigenvalue weighted by molar-refractivity contribution is 5.89. The maximum Gasteiger partial charge on any atom is 0.433 e. The lowest BCUT2D eigenvalue weighted by Gasteiger charge is -2.21. The fourth-order valence-electron chi connectivity index (χ4n) is 3.82. The monoisotopic (exact) mass is 489 g/mol. The fourth-order valence-corrected chi connectivity index (χ4v) is 3.82. The number of halogens is 3. The summed E-state index contributed by atoms with van der Waals surface area (Å²) < 4.78 is 54.2. The summed E-state index contributed by atoms with van der Waals surface area (Å²) in [6.45, 7) is 8.28. The lowest BCUT2D eigenvalue weighted by Crippen LogP contribution is -2.25. The van der Waals surface area contributed by atoms with E-state index < -0.39 is 35.1 Å². The Morgan fingerprint density at radius 3 is 2.29 bits per heavy atom. The van der Waals surface area contributed by atoms with Gasteiger partial charge in [0.05, 0.1) is 10.9 Å². The van der Waals surface area contributed by atoms with Crippen LogP contribution in [0.1, 0.15) is 80.1 Å². The molecule has 0 saturated heterocycles. The molecule has 1 unspecified atom stereocenters. The van der Waals surface area contributed by atoms with Gasteiger partial charge in [-0.15, -0.1) is 0 Å². The van der Waals surface area contributed by atoms with Gasteiger partial charge in [-0.3, -0.25) is 9.36 Å². The first kappa shape index (κ1) is 24.7. The van der Waals surface area contributed by atoms with Crippen LogP contribution in [0, 0.1) is 6.92 Å². The third-order valence-corrected chi connectivity index (χ3v) is 5.52. The van der Waals surface area contributed by atoms with Crippen molar-refractivity contribution < 1.29 is 27.4 Å². The number of ether oxygens (including phenoxy) is 2. The number of esters is 1. The van der Waals surface area contributed by atoms with Crippen LogP contribution in [-0.2, 0) is 10.9 Å². The third kappa shape index (κ3) is 5.31. The number of rotatable bonds is 5. The van der Waals surface area contributed by atoms with E-state index in [4.69, 9.17) is 9.47 Å². The lowest BCUT2D eigenvalue weighted by molar-refractivity contribution is -0.142. The number of aromatic nitrogens is 3. The molecule has 1 fully saturated rings. The molecule has 2 heterocycles. The first-order valence-corrected chi connectivity index (χ1v) is 11.3. The first-order valence-electron chi connectivity index (χ1n) is 11.3. The molecule has 1 aliphatic rings. The van der Waals surface area contributed by atoms with E-state index in [0.717, 1.165) is 12.8 Å². The number of aryl methyl sites for hydroxylation is 1. The van der Waals surface area contributed by atoms with Gasteiger partial charge in [0.25, 0.3) is 5.56 Å². The normalized spacial score (nSPS) is 15.2. The number of pyridine rings is 1. The third-order valence-electron chi connectivity index (χ3n) is 5.52. The number of carbonyl (C=O) groups is 1. The van der Waals surface area contributed by atoms with Gasteiger partial charge in [-0.05, 0) is 77.8 Å². The Kier molecular flexibility index (Phi) is 6.11. The van der Waals surface area contributed by atoms with Crippen molar-refractivity contribution >= 4 is 17.0 Å². The summed E-state index contributed by atoms with van der Waals surface area (Å²) in [6, 6.07) is 7.09. The van der Waals surface area contributed by atoms with Crippen LogP contribution in [0.3, 0.4) is 0 Å². The molecule has 0 amide bonds. The number of alkyl halides is 3. The van der Waals surface area contributed by atoms with Crippen LogP contribution in [0.4, 0.5) is 13.2 Å². The Morgan fingerprint density at radius 2 is 1.74 bits per heavy atom. The molecule has 1 aliphatic carbocycles. The minimum atomic E-state index is -4.78. The standard InChI is InChI=1S/C25H26F3N3O4/c1-13(34-17-10-6-15(7-11-17)23(33)35-24(3,4)5)18-12-19-21(30-20(18)25(26,27)28)29-14(2)31(22(19)32)16-8-9-16/h6-7,10-13,16H,8-9H2,1-5H3. The van der Waals surface area contributed by atoms with Gasteiger partial charge in [0, 0.05) is 11.6 Å². The van der Waals surface area contributed by atoms with Crippen LogP contribution in [0.2, 0.25) is 0 Å². The van der Waals surface area contributed by atoms with Gasteiger partial charge in [-0.1, -0.05) is 0 Å². The molecule has 1 aromatic carbocycles. The number of hydrogen-bond acceptors (Lipinski definition) is 6. The van der Waals surface area contributed by atoms with Crippen LogP contribution >= 0.6 is 0 Å². The summed E-state index contributed by atoms with van der Waals surface area (Å²) in [4.78, 5) is 33.1. The van der Waals surface area contributed by atoms with Crippen LogP contribution in [0.5, 0.6) is 5.75 Å². The summed E-state index contributed by atoms with van der Waals surface area (Å²) in [6.07, 6.45) is -4.21. The van der Waals surface area contributed by atoms with Crippen molar-refractivity contribution in [2.45, 2.75) is 71.4 Å². The van der Waals surface area contributed by atoms with E-state index in [9.17, 15) is 22.8 Å². The second-order valence-electron chi connectivity index (χ2n) is 9.65. The van der Waals surface area contributed by atoms with Crippen molar-refractivity contribution in [1.82, 2.24) is 14.5 Å². The summed E-state index contributed by atoms with van der Waals surface area (Å²) in [5, 5.41) is 0.0150. The van der Waals surface area contributed by atoms with Crippen molar-refractivity contribution in [3.8, 4) is 5.75 Å². The summed E-state index contributed by atoms with van der Waals surface area (Å²) >= 11 is 0. The molecule has 1 atom stereocenters. The Bertz CT molecular complexity index is 1340. The average molecular weight is 489 g/mol. The van der Waals surface area contributed by atoms with E-state index >= 15 is 0 Å². The molecule has 0 N–H and O–H groups in total. The lowest BCUT2D eigenvalue weighted by atomic mass is 10.1. The topological polar surface area (TPSA) is 83.3 Å². The van der Waals surface area contributed by atoms with Crippen molar-refractivity contribution in [3.63, 3.8) is 0 Å². The van der Waals surface area contributed by atoms with E-state index in [-0.39, 0.29) is 34.0 Å². The summed E-state index contributed by atoms with van der Waals surface area (Å²) in [5.41, 5.74) is -2.46. The Labute approximate surface area is 199 Å². The molecule has 0 bridgehead atoms. The second kappa shape index (κ2) is 8.66. The molecule has 0 spiro atoms. The number of fused-ring (bicyclic) bond motifs is 1. The van der Waals surface area contributed by atoms with Crippen LogP contribution in [0.25, 0.3) is 11.0 Å². The molecule has 35 heavy (non-hydrogen) atoms. The molecule has 0 aliphatic heterocycles. The van der Waals surface area contributed by atoms with Gasteiger partial charge in [-0.2, -0.15) is 13.2 Å². The molecule has 10 heteroatoms. The molecule has 7 nitrogen and oxygen atoms in total. The molecular formula is C25H26F3N3O4. The number of carbonyl (C=O) groups excluding carboxylic acids is 1. The van der Waals surface area contributed by atoms with E-state index in [2.05, 4.69) is 9.97 Å². The van der Waals surface area contributed by atoms with Crippen LogP contribution in [0.15, 0.2) is 35.1 Å². The number of benzene rings is 1. The highest BCUT2D eigenvalue weighted by Gasteiger charge is 2.38. The van der Waals surface area contributed by atoms with E-state index in [0.29, 0.717) is 5.82 Å². The van der Waals surface area contributed by atoms with Crippen molar-refractivity contribution in [1.29, 1.82) is 0 Å². The maximum absolute atomic E-state index is 13.9. The first-order chi connectivity index (χ1) is 16.2. The maximum atomic E-state index is 13.9. The largest absolute Gasteiger partial charge is 0.486 e. The molecule has 186 valence electrons. The van der Waals surface area contributed by atoms with Crippen LogP contribution < -0.4 is 10.3 Å². The zero-order valence-electron chi connectivity index (χ0n) is 20.1. The van der Waals surface area contributed by atoms with Gasteiger partial charge in [0.2, 0.25) is 0 Å². The van der Waals surface area contributed by atoms with Crippen LogP contribution in [-0.4, -0.2) is 26.1 Å². The Balaban J connectivity index is 1.68. The summed E-state index contributed by atoms with van der Waals surface area (Å²) in [7, 11) is 0. The number of hydrogen-bond donors (Lipinski definition) is 0. The van der Waals surface area contributed by atoms with E-state index in [1.165, 1.54) is 41.8 Å². The van der Waals surface area contributed by atoms with Gasteiger partial charge in [-0.25, -0.2) is 14.8 Å². The van der Waals surface area contributed by atoms with Crippen molar-refractivity contribution in [2.24, 2.45) is 0 Å². The minimum Gasteiger partial charge on any atom is -0.486 e. The van der Waals surface area contributed by atoms with Gasteiger partial charge in [0.1, 0.15) is 23.3 Å². The minimum absolute atomic E-state index is 0.0150. The highest BCUT2D eigenvalue weighted by atomic mass is 19.4. The smallest absolute Gasteiger partial charge is 0.433 e. The predicted molar refractivity (Wildman–Crippen MR) is 122 cm³/mol. The molecule has 1 saturated carbocycles. The highest BCUT2D eigenvalue weighted by Crippen LogP contribution is 2.37. The molecule has 3 aromatic rings. The van der Waals surface area contributed by atoms with Crippen molar-refractivity contribution in [2.75, 3.05) is 0 Å². The van der Waals surface area contributed by atoms with Gasteiger partial charge in [0.15, 0.2) is 11.3 Å². The zero-order valence-corrected chi connectivity index (χ0v) is 20.1. The van der Waals surface area contributed by atoms with Gasteiger partial charge >= 0.3 is 12.1 Å².